The van der Waals surface area contributed by atoms with E-state index in [0.717, 1.165) is 5.56 Å². The van der Waals surface area contributed by atoms with Crippen LogP contribution in [-0.2, 0) is 6.61 Å². The van der Waals surface area contributed by atoms with E-state index in [9.17, 15) is 9.18 Å². The normalized spacial score (nSPS) is 12.0. The highest BCUT2D eigenvalue weighted by Gasteiger charge is 2.29. The fourth-order valence-electron chi connectivity index (χ4n) is 3.05. The number of aromatic nitrogens is 2. The number of amides is 1. The first kappa shape index (κ1) is 16.2. The number of rotatable bonds is 3. The first-order valence-corrected chi connectivity index (χ1v) is 8.44. The molecule has 0 unspecified atom stereocenters. The molecule has 2 aromatic carbocycles. The topological polar surface area (TPSA) is 90.4 Å². The summed E-state index contributed by atoms with van der Waals surface area (Å²) < 4.78 is 29.5. The van der Waals surface area contributed by atoms with Gasteiger partial charge in [-0.25, -0.2) is 4.39 Å². The Morgan fingerprint density at radius 1 is 1.04 bits per heavy atom. The zero-order valence-electron chi connectivity index (χ0n) is 14.3. The molecule has 1 N–H and O–H groups in total. The highest BCUT2D eigenvalue weighted by Crippen LogP contribution is 2.38. The van der Waals surface area contributed by atoms with Crippen molar-refractivity contribution in [3.63, 3.8) is 0 Å². The SMILES string of the molecule is O=C(Nc1cc(-c2cccc(F)c2)no1)c1noc2c1COc1ccccc1-2. The van der Waals surface area contributed by atoms with Gasteiger partial charge in [0, 0.05) is 11.6 Å². The Hall–Kier alpha value is -3.94. The molecule has 1 aliphatic heterocycles. The van der Waals surface area contributed by atoms with Crippen molar-refractivity contribution in [3.8, 4) is 28.3 Å². The number of nitrogens with zero attached hydrogens (tertiary/aromatic N) is 2. The van der Waals surface area contributed by atoms with Gasteiger partial charge in [0.15, 0.2) is 11.5 Å². The first-order chi connectivity index (χ1) is 13.7. The molecule has 0 fully saturated rings. The summed E-state index contributed by atoms with van der Waals surface area (Å²) in [4.78, 5) is 12.6. The molecule has 0 spiro atoms. The van der Waals surface area contributed by atoms with Crippen LogP contribution in [0.3, 0.4) is 0 Å². The van der Waals surface area contributed by atoms with Crippen LogP contribution in [0, 0.1) is 5.82 Å². The van der Waals surface area contributed by atoms with Gasteiger partial charge in [-0.15, -0.1) is 0 Å². The Bertz CT molecular complexity index is 1200. The third-order valence-electron chi connectivity index (χ3n) is 4.37. The minimum atomic E-state index is -0.519. The zero-order valence-corrected chi connectivity index (χ0v) is 14.3. The summed E-state index contributed by atoms with van der Waals surface area (Å²) >= 11 is 0. The van der Waals surface area contributed by atoms with E-state index in [1.807, 2.05) is 24.3 Å². The molecular weight excluding hydrogens is 365 g/mol. The third kappa shape index (κ3) is 2.71. The van der Waals surface area contributed by atoms with Crippen LogP contribution >= 0.6 is 0 Å². The molecule has 2 aromatic heterocycles. The van der Waals surface area contributed by atoms with Crippen LogP contribution in [-0.4, -0.2) is 16.2 Å². The number of fused-ring (bicyclic) bond motifs is 3. The van der Waals surface area contributed by atoms with Crippen molar-refractivity contribution < 1.29 is 23.0 Å². The van der Waals surface area contributed by atoms with E-state index < -0.39 is 5.91 Å². The van der Waals surface area contributed by atoms with E-state index in [4.69, 9.17) is 13.8 Å². The second kappa shape index (κ2) is 6.34. The lowest BCUT2D eigenvalue weighted by molar-refractivity contribution is 0.101. The molecule has 138 valence electrons. The van der Waals surface area contributed by atoms with Crippen molar-refractivity contribution in [1.29, 1.82) is 0 Å². The van der Waals surface area contributed by atoms with Gasteiger partial charge in [-0.2, -0.15) is 0 Å². The van der Waals surface area contributed by atoms with E-state index in [0.29, 0.717) is 28.3 Å². The number of carbonyl (C=O) groups excluding carboxylic acids is 1. The largest absolute Gasteiger partial charge is 0.488 e. The van der Waals surface area contributed by atoms with Gasteiger partial charge in [-0.05, 0) is 24.3 Å². The van der Waals surface area contributed by atoms with Gasteiger partial charge in [-0.3, -0.25) is 10.1 Å². The zero-order chi connectivity index (χ0) is 19.1. The highest BCUT2D eigenvalue weighted by atomic mass is 19.1. The summed E-state index contributed by atoms with van der Waals surface area (Å²) in [6.07, 6.45) is 0. The van der Waals surface area contributed by atoms with Gasteiger partial charge in [0.05, 0.1) is 11.1 Å². The maximum Gasteiger partial charge on any atom is 0.280 e. The van der Waals surface area contributed by atoms with Gasteiger partial charge in [0.1, 0.15) is 23.9 Å². The van der Waals surface area contributed by atoms with Gasteiger partial charge in [0.2, 0.25) is 5.88 Å². The van der Waals surface area contributed by atoms with Gasteiger partial charge >= 0.3 is 0 Å². The molecule has 8 heteroatoms. The van der Waals surface area contributed by atoms with Crippen molar-refractivity contribution in [2.24, 2.45) is 0 Å². The Morgan fingerprint density at radius 3 is 2.82 bits per heavy atom. The predicted octanol–water partition coefficient (Wildman–Crippen LogP) is 4.28. The number of carbonyl (C=O) groups is 1. The van der Waals surface area contributed by atoms with Crippen LogP contribution in [0.4, 0.5) is 10.3 Å². The summed E-state index contributed by atoms with van der Waals surface area (Å²) in [5.41, 5.74) is 2.33. The quantitative estimate of drug-likeness (QED) is 0.573. The third-order valence-corrected chi connectivity index (χ3v) is 4.37. The molecule has 3 heterocycles. The summed E-state index contributed by atoms with van der Waals surface area (Å²) in [5, 5.41) is 10.3. The molecule has 5 rings (SSSR count). The summed E-state index contributed by atoms with van der Waals surface area (Å²) in [6.45, 7) is 0.170. The molecule has 0 atom stereocenters. The number of para-hydroxylation sites is 1. The number of hydrogen-bond acceptors (Lipinski definition) is 6. The number of nitrogens with one attached hydrogen (secondary N) is 1. The highest BCUT2D eigenvalue weighted by molar-refractivity contribution is 6.04. The molecule has 0 radical (unpaired) electrons. The molecule has 7 nitrogen and oxygen atoms in total. The van der Waals surface area contributed by atoms with E-state index in [-0.39, 0.29) is 24.0 Å². The standard InChI is InChI=1S/C20H12FN3O4/c21-12-5-3-4-11(8-12)15-9-17(27-23-15)22-20(25)18-14-10-26-16-7-2-1-6-13(16)19(14)28-24-18/h1-9H,10H2,(H,22,25). The monoisotopic (exact) mass is 377 g/mol. The van der Waals surface area contributed by atoms with Crippen molar-refractivity contribution in [3.05, 3.63) is 71.7 Å². The Labute approximate surface area is 157 Å². The van der Waals surface area contributed by atoms with Crippen molar-refractivity contribution in [2.75, 3.05) is 5.32 Å². The van der Waals surface area contributed by atoms with Crippen LogP contribution in [0.15, 0.2) is 63.6 Å². The molecular formula is C20H12FN3O4. The minimum absolute atomic E-state index is 0.105. The summed E-state index contributed by atoms with van der Waals surface area (Å²) in [6, 6.07) is 14.8. The van der Waals surface area contributed by atoms with E-state index in [1.165, 1.54) is 18.2 Å². The Balaban J connectivity index is 1.40. The minimum Gasteiger partial charge on any atom is -0.488 e. The molecule has 4 aromatic rings. The Morgan fingerprint density at radius 2 is 1.93 bits per heavy atom. The van der Waals surface area contributed by atoms with Crippen LogP contribution in [0.1, 0.15) is 16.1 Å². The summed E-state index contributed by atoms with van der Waals surface area (Å²) in [7, 11) is 0. The van der Waals surface area contributed by atoms with Crippen LogP contribution in [0.5, 0.6) is 5.75 Å². The predicted molar refractivity (Wildman–Crippen MR) is 96.1 cm³/mol. The van der Waals surface area contributed by atoms with Crippen molar-refractivity contribution in [1.82, 2.24) is 10.3 Å². The molecule has 0 aliphatic carbocycles. The lowest BCUT2D eigenvalue weighted by atomic mass is 10.0. The molecule has 1 aliphatic rings. The fourth-order valence-corrected chi connectivity index (χ4v) is 3.05. The van der Waals surface area contributed by atoms with Crippen molar-refractivity contribution >= 4 is 11.8 Å². The first-order valence-electron chi connectivity index (χ1n) is 8.44. The van der Waals surface area contributed by atoms with Crippen LogP contribution in [0.25, 0.3) is 22.6 Å². The number of benzene rings is 2. The van der Waals surface area contributed by atoms with Gasteiger partial charge < -0.3 is 13.8 Å². The van der Waals surface area contributed by atoms with Gasteiger partial charge in [-0.1, -0.05) is 34.6 Å². The van der Waals surface area contributed by atoms with E-state index in [1.54, 1.807) is 12.1 Å². The number of ether oxygens (including phenoxy) is 1. The maximum absolute atomic E-state index is 13.4. The number of hydrogen-bond donors (Lipinski definition) is 1. The molecule has 28 heavy (non-hydrogen) atoms. The molecule has 0 bridgehead atoms. The summed E-state index contributed by atoms with van der Waals surface area (Å²) in [5.74, 6) is 0.381. The smallest absolute Gasteiger partial charge is 0.280 e. The maximum atomic E-state index is 13.4. The van der Waals surface area contributed by atoms with Crippen LogP contribution < -0.4 is 10.1 Å². The van der Waals surface area contributed by atoms with E-state index in [2.05, 4.69) is 15.6 Å². The van der Waals surface area contributed by atoms with Crippen LogP contribution in [0.2, 0.25) is 0 Å². The average Bonchev–Trinajstić information content (AvgIpc) is 3.35. The number of anilines is 1. The fraction of sp³-hybridized carbons (Fsp3) is 0.0500. The van der Waals surface area contributed by atoms with E-state index >= 15 is 0 Å². The Kier molecular flexibility index (Phi) is 3.68. The molecule has 1 amide bonds. The lowest BCUT2D eigenvalue weighted by Crippen LogP contribution is -2.16. The van der Waals surface area contributed by atoms with Gasteiger partial charge in [0.25, 0.3) is 5.91 Å². The number of halogens is 1. The molecule has 0 saturated carbocycles. The molecule has 0 saturated heterocycles. The lowest BCUT2D eigenvalue weighted by Gasteiger charge is -2.15. The average molecular weight is 377 g/mol. The second-order valence-electron chi connectivity index (χ2n) is 6.16. The van der Waals surface area contributed by atoms with Crippen molar-refractivity contribution in [2.45, 2.75) is 6.61 Å². The second-order valence-corrected chi connectivity index (χ2v) is 6.16.